The van der Waals surface area contributed by atoms with Crippen LogP contribution in [0.1, 0.15) is 18.5 Å². The number of aromatic hydroxyl groups is 2. The molecule has 0 aliphatic heterocycles. The maximum atomic E-state index is 9.36. The predicted octanol–water partition coefficient (Wildman–Crippen LogP) is 2.12. The van der Waals surface area contributed by atoms with Crippen molar-refractivity contribution in [2.24, 2.45) is 0 Å². The van der Waals surface area contributed by atoms with Crippen molar-refractivity contribution < 1.29 is 10.2 Å². The van der Waals surface area contributed by atoms with Crippen LogP contribution in [-0.2, 0) is 0 Å². The summed E-state index contributed by atoms with van der Waals surface area (Å²) in [6, 6.07) is 4.42. The van der Waals surface area contributed by atoms with Gasteiger partial charge in [-0.15, -0.1) is 10.2 Å². The monoisotopic (exact) mass is 237 g/mol. The molecule has 0 bridgehead atoms. The first-order valence-corrected chi connectivity index (χ1v) is 5.59. The van der Waals surface area contributed by atoms with Crippen LogP contribution in [0.3, 0.4) is 0 Å². The number of nitrogens with one attached hydrogen (secondary N) is 1. The summed E-state index contributed by atoms with van der Waals surface area (Å²) in [4.78, 5) is 0. The maximum Gasteiger partial charge on any atom is 0.205 e. The minimum absolute atomic E-state index is 0.0425. The van der Waals surface area contributed by atoms with Crippen LogP contribution in [0.25, 0.3) is 0 Å². The number of aromatic nitrogens is 2. The number of nitrogens with zero attached hydrogens (tertiary/aromatic N) is 2. The Morgan fingerprint density at radius 2 is 1.94 bits per heavy atom. The quantitative estimate of drug-likeness (QED) is 0.762. The van der Waals surface area contributed by atoms with Gasteiger partial charge in [0, 0.05) is 6.07 Å². The van der Waals surface area contributed by atoms with E-state index in [-0.39, 0.29) is 17.5 Å². The highest BCUT2D eigenvalue weighted by molar-refractivity contribution is 7.13. The van der Waals surface area contributed by atoms with Crippen molar-refractivity contribution in [3.05, 3.63) is 29.3 Å². The lowest BCUT2D eigenvalue weighted by Gasteiger charge is -2.13. The Bertz CT molecular complexity index is 453. The van der Waals surface area contributed by atoms with Crippen LogP contribution >= 0.6 is 11.3 Å². The van der Waals surface area contributed by atoms with Crippen molar-refractivity contribution in [3.8, 4) is 11.5 Å². The van der Waals surface area contributed by atoms with Gasteiger partial charge in [0.05, 0.1) is 6.04 Å². The third-order valence-electron chi connectivity index (χ3n) is 2.12. The molecule has 0 amide bonds. The Kier molecular flexibility index (Phi) is 2.91. The fraction of sp³-hybridized carbons (Fsp3) is 0.200. The van der Waals surface area contributed by atoms with E-state index < -0.39 is 0 Å². The summed E-state index contributed by atoms with van der Waals surface area (Å²) in [5.41, 5.74) is 2.42. The number of hydrogen-bond acceptors (Lipinski definition) is 6. The average Bonchev–Trinajstić information content (AvgIpc) is 2.68. The van der Waals surface area contributed by atoms with Crippen LogP contribution in [0.5, 0.6) is 11.5 Å². The van der Waals surface area contributed by atoms with Crippen LogP contribution in [0.15, 0.2) is 23.7 Å². The first-order valence-electron chi connectivity index (χ1n) is 4.71. The van der Waals surface area contributed by atoms with E-state index in [1.165, 1.54) is 17.4 Å². The number of phenolic OH excluding ortho intramolecular Hbond substituents is 2. The van der Waals surface area contributed by atoms with Crippen molar-refractivity contribution in [1.82, 2.24) is 10.2 Å². The van der Waals surface area contributed by atoms with Crippen molar-refractivity contribution in [3.63, 3.8) is 0 Å². The van der Waals surface area contributed by atoms with Gasteiger partial charge in [-0.05, 0) is 24.6 Å². The van der Waals surface area contributed by atoms with E-state index in [2.05, 4.69) is 15.5 Å². The lowest BCUT2D eigenvalue weighted by molar-refractivity contribution is 0.448. The highest BCUT2D eigenvalue weighted by atomic mass is 32.1. The molecule has 0 saturated carbocycles. The largest absolute Gasteiger partial charge is 0.508 e. The van der Waals surface area contributed by atoms with Crippen molar-refractivity contribution >= 4 is 16.5 Å². The standard InChI is InChI=1S/C10H11N3O2S/c1-6(12-10-13-11-5-16-10)7-2-8(14)4-9(15)3-7/h2-6,14-15H,1H3,(H,12,13). The summed E-state index contributed by atoms with van der Waals surface area (Å²) < 4.78 is 0. The Balaban J connectivity index is 2.17. The molecule has 1 aromatic carbocycles. The summed E-state index contributed by atoms with van der Waals surface area (Å²) in [5, 5.41) is 30.1. The Morgan fingerprint density at radius 1 is 1.25 bits per heavy atom. The fourth-order valence-electron chi connectivity index (χ4n) is 1.37. The van der Waals surface area contributed by atoms with E-state index in [0.29, 0.717) is 5.13 Å². The summed E-state index contributed by atoms with van der Waals surface area (Å²) >= 11 is 1.40. The summed E-state index contributed by atoms with van der Waals surface area (Å²) in [6.07, 6.45) is 0. The molecule has 0 aliphatic carbocycles. The molecule has 1 heterocycles. The zero-order chi connectivity index (χ0) is 11.5. The van der Waals surface area contributed by atoms with Crippen LogP contribution in [-0.4, -0.2) is 20.4 Å². The lowest BCUT2D eigenvalue weighted by atomic mass is 10.1. The molecule has 5 nitrogen and oxygen atoms in total. The van der Waals surface area contributed by atoms with Gasteiger partial charge in [-0.25, -0.2) is 0 Å². The molecule has 2 aromatic rings. The van der Waals surface area contributed by atoms with Crippen LogP contribution in [0.2, 0.25) is 0 Å². The van der Waals surface area contributed by atoms with Crippen molar-refractivity contribution in [2.75, 3.05) is 5.32 Å². The van der Waals surface area contributed by atoms with Crippen LogP contribution in [0.4, 0.5) is 5.13 Å². The SMILES string of the molecule is CC(Nc1nncs1)c1cc(O)cc(O)c1. The molecule has 84 valence electrons. The molecule has 0 fully saturated rings. The van der Waals surface area contributed by atoms with E-state index >= 15 is 0 Å². The maximum absolute atomic E-state index is 9.36. The van der Waals surface area contributed by atoms with E-state index in [1.54, 1.807) is 17.6 Å². The van der Waals surface area contributed by atoms with Gasteiger partial charge in [0.15, 0.2) is 0 Å². The summed E-state index contributed by atoms with van der Waals surface area (Å²) in [6.45, 7) is 1.91. The lowest BCUT2D eigenvalue weighted by Crippen LogP contribution is -2.06. The van der Waals surface area contributed by atoms with E-state index in [0.717, 1.165) is 5.56 Å². The van der Waals surface area contributed by atoms with Gasteiger partial charge in [-0.1, -0.05) is 11.3 Å². The minimum Gasteiger partial charge on any atom is -0.508 e. The van der Waals surface area contributed by atoms with Gasteiger partial charge in [-0.2, -0.15) is 0 Å². The van der Waals surface area contributed by atoms with Gasteiger partial charge in [0.1, 0.15) is 17.0 Å². The average molecular weight is 237 g/mol. The third-order valence-corrected chi connectivity index (χ3v) is 2.75. The van der Waals surface area contributed by atoms with Gasteiger partial charge >= 0.3 is 0 Å². The van der Waals surface area contributed by atoms with Crippen LogP contribution < -0.4 is 5.32 Å². The molecule has 2 rings (SSSR count). The molecule has 0 aliphatic rings. The smallest absolute Gasteiger partial charge is 0.205 e. The fourth-order valence-corrected chi connectivity index (χ4v) is 1.91. The minimum atomic E-state index is -0.0639. The highest BCUT2D eigenvalue weighted by Gasteiger charge is 2.09. The van der Waals surface area contributed by atoms with Gasteiger partial charge in [0.2, 0.25) is 5.13 Å². The predicted molar refractivity (Wildman–Crippen MR) is 61.7 cm³/mol. The molecule has 1 atom stereocenters. The van der Waals surface area contributed by atoms with Gasteiger partial charge in [-0.3, -0.25) is 0 Å². The summed E-state index contributed by atoms with van der Waals surface area (Å²) in [7, 11) is 0. The molecule has 6 heteroatoms. The Morgan fingerprint density at radius 3 is 2.50 bits per heavy atom. The molecule has 1 aromatic heterocycles. The summed E-state index contributed by atoms with van der Waals surface area (Å²) in [5.74, 6) is 0.0850. The van der Waals surface area contributed by atoms with Gasteiger partial charge < -0.3 is 15.5 Å². The van der Waals surface area contributed by atoms with E-state index in [4.69, 9.17) is 0 Å². The van der Waals surface area contributed by atoms with Gasteiger partial charge in [0.25, 0.3) is 0 Å². The number of phenols is 2. The molecule has 1 unspecified atom stereocenters. The zero-order valence-corrected chi connectivity index (χ0v) is 9.40. The van der Waals surface area contributed by atoms with Crippen molar-refractivity contribution in [2.45, 2.75) is 13.0 Å². The highest BCUT2D eigenvalue weighted by Crippen LogP contribution is 2.27. The second-order valence-electron chi connectivity index (χ2n) is 3.39. The number of benzene rings is 1. The molecule has 0 radical (unpaired) electrons. The molecule has 0 spiro atoms. The zero-order valence-electron chi connectivity index (χ0n) is 8.58. The molecular formula is C10H11N3O2S. The van der Waals surface area contributed by atoms with Crippen molar-refractivity contribution in [1.29, 1.82) is 0 Å². The number of anilines is 1. The molecule has 3 N–H and O–H groups in total. The molecular weight excluding hydrogens is 226 g/mol. The molecule has 0 saturated heterocycles. The number of rotatable bonds is 3. The second kappa shape index (κ2) is 4.36. The Labute approximate surface area is 96.4 Å². The normalized spacial score (nSPS) is 12.3. The molecule has 16 heavy (non-hydrogen) atoms. The van der Waals surface area contributed by atoms with E-state index in [1.807, 2.05) is 6.92 Å². The second-order valence-corrected chi connectivity index (χ2v) is 4.23. The number of hydrogen-bond donors (Lipinski definition) is 3. The first-order chi connectivity index (χ1) is 7.65. The van der Waals surface area contributed by atoms with E-state index in [9.17, 15) is 10.2 Å². The first kappa shape index (κ1) is 10.7. The topological polar surface area (TPSA) is 78.3 Å². The van der Waals surface area contributed by atoms with Crippen LogP contribution in [0, 0.1) is 0 Å². The third kappa shape index (κ3) is 2.40. The Hall–Kier alpha value is -1.82.